The van der Waals surface area contributed by atoms with E-state index >= 15 is 0 Å². The Bertz CT molecular complexity index is 651. The number of aromatic nitrogens is 2. The van der Waals surface area contributed by atoms with Gasteiger partial charge in [-0.05, 0) is 37.1 Å². The number of amides is 1. The minimum atomic E-state index is -0.000780. The fourth-order valence-corrected chi connectivity index (χ4v) is 2.28. The van der Waals surface area contributed by atoms with Gasteiger partial charge in [-0.1, -0.05) is 29.3 Å². The first-order valence-corrected chi connectivity index (χ1v) is 7.25. The molecular weight excluding hydrogens is 311 g/mol. The maximum Gasteiger partial charge on any atom is 0.228 e. The second-order valence-corrected chi connectivity index (χ2v) is 5.60. The quantitative estimate of drug-likeness (QED) is 0.896. The van der Waals surface area contributed by atoms with Crippen LogP contribution < -0.4 is 10.6 Å². The van der Waals surface area contributed by atoms with Crippen LogP contribution in [0.25, 0.3) is 0 Å². The van der Waals surface area contributed by atoms with Gasteiger partial charge in [0.05, 0.1) is 15.7 Å². The predicted octanol–water partition coefficient (Wildman–Crippen LogP) is 3.88. The summed E-state index contributed by atoms with van der Waals surface area (Å²) >= 11 is 12.1. The molecule has 1 aliphatic carbocycles. The molecule has 0 radical (unpaired) electrons. The van der Waals surface area contributed by atoms with E-state index in [0.717, 1.165) is 12.8 Å². The van der Waals surface area contributed by atoms with E-state index in [1.807, 2.05) is 0 Å². The number of benzene rings is 1. The van der Waals surface area contributed by atoms with Gasteiger partial charge in [-0.2, -0.15) is 0 Å². The van der Waals surface area contributed by atoms with Gasteiger partial charge >= 0.3 is 0 Å². The Labute approximate surface area is 131 Å². The number of hydrogen-bond donors (Lipinski definition) is 2. The summed E-state index contributed by atoms with van der Waals surface area (Å²) in [4.78, 5) is 11.6. The van der Waals surface area contributed by atoms with Crippen LogP contribution in [0.5, 0.6) is 0 Å². The van der Waals surface area contributed by atoms with E-state index in [0.29, 0.717) is 27.4 Å². The summed E-state index contributed by atoms with van der Waals surface area (Å²) in [7, 11) is 0. The fourth-order valence-electron chi connectivity index (χ4n) is 1.78. The van der Waals surface area contributed by atoms with Crippen molar-refractivity contribution in [1.82, 2.24) is 10.2 Å². The Balaban J connectivity index is 1.70. The first-order chi connectivity index (χ1) is 10.1. The van der Waals surface area contributed by atoms with E-state index in [1.165, 1.54) is 0 Å². The van der Waals surface area contributed by atoms with Crippen LogP contribution in [-0.2, 0) is 4.79 Å². The molecular formula is C14H12Cl2N4O. The predicted molar refractivity (Wildman–Crippen MR) is 83.1 cm³/mol. The third kappa shape index (κ3) is 3.43. The standard InChI is InChI=1S/C14H12Cl2N4O/c15-9-2-1-3-10(16)13(9)17-11-6-7-12(20-19-11)18-14(21)8-4-5-8/h1-3,6-8H,4-5H2,(H,17,19)(H,18,20,21). The van der Waals surface area contributed by atoms with Crippen molar-refractivity contribution in [3.63, 3.8) is 0 Å². The van der Waals surface area contributed by atoms with Gasteiger partial charge in [0.2, 0.25) is 5.91 Å². The van der Waals surface area contributed by atoms with Gasteiger partial charge < -0.3 is 10.6 Å². The van der Waals surface area contributed by atoms with Crippen molar-refractivity contribution < 1.29 is 4.79 Å². The van der Waals surface area contributed by atoms with E-state index in [1.54, 1.807) is 30.3 Å². The summed E-state index contributed by atoms with van der Waals surface area (Å²) in [5.41, 5.74) is 0.574. The van der Waals surface area contributed by atoms with Crippen LogP contribution in [0.4, 0.5) is 17.3 Å². The molecule has 3 rings (SSSR count). The second-order valence-electron chi connectivity index (χ2n) is 4.79. The van der Waals surface area contributed by atoms with E-state index in [2.05, 4.69) is 20.8 Å². The molecule has 2 N–H and O–H groups in total. The SMILES string of the molecule is O=C(Nc1ccc(Nc2c(Cl)cccc2Cl)nn1)C1CC1. The molecule has 0 saturated heterocycles. The molecule has 0 bridgehead atoms. The fraction of sp³-hybridized carbons (Fsp3) is 0.214. The van der Waals surface area contributed by atoms with E-state index < -0.39 is 0 Å². The molecule has 1 aromatic heterocycles. The molecule has 1 aromatic carbocycles. The highest BCUT2D eigenvalue weighted by Gasteiger charge is 2.29. The van der Waals surface area contributed by atoms with Crippen LogP contribution in [0.3, 0.4) is 0 Å². The van der Waals surface area contributed by atoms with Crippen LogP contribution in [-0.4, -0.2) is 16.1 Å². The van der Waals surface area contributed by atoms with Crippen LogP contribution >= 0.6 is 23.2 Å². The molecule has 0 aliphatic heterocycles. The van der Waals surface area contributed by atoms with Crippen molar-refractivity contribution in [3.05, 3.63) is 40.4 Å². The Hall–Kier alpha value is -1.85. The minimum absolute atomic E-state index is 0.000780. The molecule has 1 amide bonds. The summed E-state index contributed by atoms with van der Waals surface area (Å²) in [6, 6.07) is 8.61. The monoisotopic (exact) mass is 322 g/mol. The summed E-state index contributed by atoms with van der Waals surface area (Å²) in [5, 5.41) is 14.7. The highest BCUT2D eigenvalue weighted by molar-refractivity contribution is 6.39. The van der Waals surface area contributed by atoms with E-state index in [9.17, 15) is 4.79 Å². The van der Waals surface area contributed by atoms with E-state index in [-0.39, 0.29) is 11.8 Å². The van der Waals surface area contributed by atoms with Gasteiger partial charge in [0.25, 0.3) is 0 Å². The number of halogens is 2. The van der Waals surface area contributed by atoms with Gasteiger partial charge in [-0.3, -0.25) is 4.79 Å². The molecule has 2 aromatic rings. The van der Waals surface area contributed by atoms with Crippen molar-refractivity contribution in [2.24, 2.45) is 5.92 Å². The van der Waals surface area contributed by atoms with Gasteiger partial charge in [-0.15, -0.1) is 10.2 Å². The van der Waals surface area contributed by atoms with Crippen LogP contribution in [0.2, 0.25) is 10.0 Å². The molecule has 5 nitrogen and oxygen atoms in total. The summed E-state index contributed by atoms with van der Waals surface area (Å²) in [6.07, 6.45) is 1.90. The van der Waals surface area contributed by atoms with Crippen LogP contribution in [0, 0.1) is 5.92 Å². The Morgan fingerprint density at radius 1 is 1.05 bits per heavy atom. The lowest BCUT2D eigenvalue weighted by Crippen LogP contribution is -2.14. The third-order valence-corrected chi connectivity index (χ3v) is 3.71. The lowest BCUT2D eigenvalue weighted by Gasteiger charge is -2.09. The van der Waals surface area contributed by atoms with Crippen molar-refractivity contribution in [2.45, 2.75) is 12.8 Å². The molecule has 108 valence electrons. The number of carbonyl (C=O) groups excluding carboxylic acids is 1. The van der Waals surface area contributed by atoms with Gasteiger partial charge in [-0.25, -0.2) is 0 Å². The van der Waals surface area contributed by atoms with Crippen molar-refractivity contribution in [3.8, 4) is 0 Å². The zero-order chi connectivity index (χ0) is 14.8. The lowest BCUT2D eigenvalue weighted by molar-refractivity contribution is -0.117. The summed E-state index contributed by atoms with van der Waals surface area (Å²) < 4.78 is 0. The molecule has 21 heavy (non-hydrogen) atoms. The van der Waals surface area contributed by atoms with Gasteiger partial charge in [0, 0.05) is 5.92 Å². The topological polar surface area (TPSA) is 66.9 Å². The highest BCUT2D eigenvalue weighted by Crippen LogP contribution is 2.32. The number of hydrogen-bond acceptors (Lipinski definition) is 4. The molecule has 1 fully saturated rings. The number of anilines is 3. The third-order valence-electron chi connectivity index (χ3n) is 3.08. The van der Waals surface area contributed by atoms with Gasteiger partial charge in [0.1, 0.15) is 0 Å². The number of para-hydroxylation sites is 1. The van der Waals surface area contributed by atoms with Crippen molar-refractivity contribution in [1.29, 1.82) is 0 Å². The normalized spacial score (nSPS) is 13.8. The molecule has 1 saturated carbocycles. The first-order valence-electron chi connectivity index (χ1n) is 6.49. The van der Waals surface area contributed by atoms with Crippen LogP contribution in [0.1, 0.15) is 12.8 Å². The number of nitrogens with zero attached hydrogens (tertiary/aromatic N) is 2. The van der Waals surface area contributed by atoms with Crippen molar-refractivity contribution in [2.75, 3.05) is 10.6 Å². The zero-order valence-electron chi connectivity index (χ0n) is 10.9. The largest absolute Gasteiger partial charge is 0.336 e. The smallest absolute Gasteiger partial charge is 0.228 e. The maximum absolute atomic E-state index is 11.6. The zero-order valence-corrected chi connectivity index (χ0v) is 12.4. The average Bonchev–Trinajstić information content (AvgIpc) is 3.29. The summed E-state index contributed by atoms with van der Waals surface area (Å²) in [5.74, 6) is 1.06. The number of rotatable bonds is 4. The summed E-state index contributed by atoms with van der Waals surface area (Å²) in [6.45, 7) is 0. The molecule has 0 unspecified atom stereocenters. The molecule has 7 heteroatoms. The maximum atomic E-state index is 11.6. The molecule has 1 heterocycles. The number of carbonyl (C=O) groups is 1. The van der Waals surface area contributed by atoms with Crippen molar-refractivity contribution >= 4 is 46.4 Å². The van der Waals surface area contributed by atoms with Gasteiger partial charge in [0.15, 0.2) is 11.6 Å². The van der Waals surface area contributed by atoms with E-state index in [4.69, 9.17) is 23.2 Å². The molecule has 0 atom stereocenters. The second kappa shape index (κ2) is 5.87. The van der Waals surface area contributed by atoms with Crippen LogP contribution in [0.15, 0.2) is 30.3 Å². The lowest BCUT2D eigenvalue weighted by atomic mass is 10.3. The first kappa shape index (κ1) is 14.1. The minimum Gasteiger partial charge on any atom is -0.336 e. The number of nitrogens with one attached hydrogen (secondary N) is 2. The Morgan fingerprint density at radius 2 is 1.67 bits per heavy atom. The molecule has 1 aliphatic rings. The average molecular weight is 323 g/mol. The highest BCUT2D eigenvalue weighted by atomic mass is 35.5. The Morgan fingerprint density at radius 3 is 2.24 bits per heavy atom. The Kier molecular flexibility index (Phi) is 3.94. The molecule has 0 spiro atoms.